The van der Waals surface area contributed by atoms with E-state index in [0.29, 0.717) is 16.6 Å². The zero-order valence-corrected chi connectivity index (χ0v) is 15.0. The normalized spacial score (nSPS) is 12.3. The van der Waals surface area contributed by atoms with Crippen molar-refractivity contribution in [3.63, 3.8) is 0 Å². The van der Waals surface area contributed by atoms with Crippen molar-refractivity contribution >= 4 is 12.2 Å². The lowest BCUT2D eigenvalue weighted by atomic mass is 10.2. The number of rotatable bonds is 4. The van der Waals surface area contributed by atoms with Gasteiger partial charge in [-0.15, -0.1) is 0 Å². The van der Waals surface area contributed by atoms with Gasteiger partial charge in [0, 0.05) is 7.05 Å². The first-order valence-corrected chi connectivity index (χ1v) is 8.16. The fraction of sp³-hybridized carbons (Fsp3) is 0.143. The lowest BCUT2D eigenvalue weighted by Gasteiger charge is -2.06. The van der Waals surface area contributed by atoms with Gasteiger partial charge in [0.15, 0.2) is 0 Å². The van der Waals surface area contributed by atoms with Crippen molar-refractivity contribution in [2.45, 2.75) is 0 Å². The Morgan fingerprint density at radius 3 is 2.15 bits per heavy atom. The highest BCUT2D eigenvalue weighted by Gasteiger charge is 2.06. The number of ether oxygens (including phenoxy) is 2. The molecule has 0 N–H and O–H groups in total. The summed E-state index contributed by atoms with van der Waals surface area (Å²) in [5.74, 6) is 1.17. The van der Waals surface area contributed by atoms with Crippen LogP contribution in [0.15, 0.2) is 59.4 Å². The van der Waals surface area contributed by atoms with Crippen LogP contribution < -0.4 is 25.7 Å². The molecule has 5 heteroatoms. The molecule has 0 aliphatic heterocycles. The third-order valence-corrected chi connectivity index (χ3v) is 4.04. The lowest BCUT2D eigenvalue weighted by Crippen LogP contribution is -2.44. The fourth-order valence-electron chi connectivity index (χ4n) is 2.61. The maximum Gasteiger partial charge on any atom is 0.276 e. The molecule has 0 fully saturated rings. The second-order valence-electron chi connectivity index (χ2n) is 5.73. The van der Waals surface area contributed by atoms with E-state index in [9.17, 15) is 4.79 Å². The molecule has 0 saturated heterocycles. The Morgan fingerprint density at radius 1 is 0.885 bits per heavy atom. The predicted octanol–water partition coefficient (Wildman–Crippen LogP) is 1.46. The van der Waals surface area contributed by atoms with Crippen LogP contribution in [0.25, 0.3) is 12.2 Å². The Morgan fingerprint density at radius 2 is 1.54 bits per heavy atom. The molecule has 2 aromatic carbocycles. The van der Waals surface area contributed by atoms with E-state index in [1.54, 1.807) is 31.9 Å². The number of hydrogen-bond acceptors (Lipinski definition) is 4. The standard InChI is InChI=1S/C21H20N2O3/c1-23-19(14-16-9-11-17(25-2)12-10-16)20(26-3)22-18(21(23)24)13-15-7-5-4-6-8-15/h4-14H,1-3H3/b18-13-,19-14-. The molecule has 0 bridgehead atoms. The molecule has 0 aliphatic rings. The number of aromatic nitrogens is 2. The van der Waals surface area contributed by atoms with Crippen molar-refractivity contribution in [1.29, 1.82) is 0 Å². The Hall–Kier alpha value is -3.34. The van der Waals surface area contributed by atoms with E-state index in [-0.39, 0.29) is 5.56 Å². The predicted molar refractivity (Wildman–Crippen MR) is 102 cm³/mol. The summed E-state index contributed by atoms with van der Waals surface area (Å²) in [5, 5.41) is 0.940. The monoisotopic (exact) mass is 348 g/mol. The van der Waals surface area contributed by atoms with Gasteiger partial charge in [0.1, 0.15) is 16.4 Å². The highest BCUT2D eigenvalue weighted by atomic mass is 16.5. The summed E-state index contributed by atoms with van der Waals surface area (Å²) in [6.45, 7) is 0. The molecule has 1 heterocycles. The summed E-state index contributed by atoms with van der Waals surface area (Å²) in [6.07, 6.45) is 3.61. The molecule has 1 aromatic heterocycles. The molecular formula is C21H20N2O3. The molecule has 0 amide bonds. The van der Waals surface area contributed by atoms with Gasteiger partial charge in [-0.3, -0.25) is 4.79 Å². The van der Waals surface area contributed by atoms with Gasteiger partial charge in [-0.1, -0.05) is 42.5 Å². The van der Waals surface area contributed by atoms with Gasteiger partial charge in [0.25, 0.3) is 5.56 Å². The molecule has 0 saturated carbocycles. The van der Waals surface area contributed by atoms with Gasteiger partial charge in [0.05, 0.1) is 14.2 Å². The van der Waals surface area contributed by atoms with Crippen LogP contribution in [0, 0.1) is 0 Å². The van der Waals surface area contributed by atoms with Crippen LogP contribution >= 0.6 is 0 Å². The van der Waals surface area contributed by atoms with Crippen LogP contribution in [0.5, 0.6) is 11.6 Å². The highest BCUT2D eigenvalue weighted by molar-refractivity contribution is 5.52. The average Bonchev–Trinajstić information content (AvgIpc) is 2.69. The van der Waals surface area contributed by atoms with Crippen LogP contribution in [-0.4, -0.2) is 23.8 Å². The van der Waals surface area contributed by atoms with Crippen LogP contribution in [-0.2, 0) is 7.05 Å². The smallest absolute Gasteiger partial charge is 0.276 e. The van der Waals surface area contributed by atoms with E-state index < -0.39 is 0 Å². The van der Waals surface area contributed by atoms with Gasteiger partial charge in [0.2, 0.25) is 5.88 Å². The van der Waals surface area contributed by atoms with Gasteiger partial charge in [-0.25, -0.2) is 4.98 Å². The topological polar surface area (TPSA) is 53.4 Å². The third kappa shape index (κ3) is 3.67. The van der Waals surface area contributed by atoms with Crippen LogP contribution in [0.3, 0.4) is 0 Å². The van der Waals surface area contributed by atoms with Crippen LogP contribution in [0.2, 0.25) is 0 Å². The van der Waals surface area contributed by atoms with E-state index in [0.717, 1.165) is 16.9 Å². The zero-order chi connectivity index (χ0) is 18.5. The zero-order valence-electron chi connectivity index (χ0n) is 15.0. The molecule has 0 spiro atoms. The summed E-state index contributed by atoms with van der Waals surface area (Å²) < 4.78 is 12.1. The van der Waals surface area contributed by atoms with Crippen molar-refractivity contribution < 1.29 is 9.47 Å². The first-order chi connectivity index (χ1) is 12.6. The Balaban J connectivity index is 2.18. The van der Waals surface area contributed by atoms with E-state index in [2.05, 4.69) is 4.98 Å². The molecule has 0 radical (unpaired) electrons. The highest BCUT2D eigenvalue weighted by Crippen LogP contribution is 2.11. The summed E-state index contributed by atoms with van der Waals surface area (Å²) in [6, 6.07) is 17.1. The van der Waals surface area contributed by atoms with E-state index in [4.69, 9.17) is 9.47 Å². The van der Waals surface area contributed by atoms with Gasteiger partial charge >= 0.3 is 0 Å². The summed E-state index contributed by atoms with van der Waals surface area (Å²) in [7, 11) is 4.88. The fourth-order valence-corrected chi connectivity index (χ4v) is 2.61. The minimum atomic E-state index is -0.186. The van der Waals surface area contributed by atoms with Crippen LogP contribution in [0.4, 0.5) is 0 Å². The Bertz CT molecular complexity index is 1070. The SMILES string of the molecule is COc1ccc(/C=c2/c(OC)n/c(=C\c3ccccc3)c(=O)n2C)cc1. The molecule has 26 heavy (non-hydrogen) atoms. The summed E-state index contributed by atoms with van der Waals surface area (Å²) in [4.78, 5) is 17.1. The van der Waals surface area contributed by atoms with Gasteiger partial charge in [-0.2, -0.15) is 0 Å². The number of nitrogens with zero attached hydrogens (tertiary/aromatic N) is 2. The average molecular weight is 348 g/mol. The third-order valence-electron chi connectivity index (χ3n) is 4.04. The first kappa shape index (κ1) is 17.5. The Kier molecular flexibility index (Phi) is 5.17. The summed E-state index contributed by atoms with van der Waals surface area (Å²) in [5.41, 5.74) is 1.64. The molecule has 0 atom stereocenters. The minimum Gasteiger partial charge on any atom is -0.497 e. The van der Waals surface area contributed by atoms with Gasteiger partial charge in [-0.05, 0) is 35.4 Å². The molecule has 132 valence electrons. The maximum atomic E-state index is 12.7. The van der Waals surface area contributed by atoms with E-state index in [1.165, 1.54) is 0 Å². The second kappa shape index (κ2) is 7.70. The number of methoxy groups -OCH3 is 2. The van der Waals surface area contributed by atoms with Crippen molar-refractivity contribution in [3.05, 3.63) is 86.8 Å². The molecule has 3 aromatic rings. The second-order valence-corrected chi connectivity index (χ2v) is 5.73. The Labute approximate surface area is 151 Å². The van der Waals surface area contributed by atoms with E-state index >= 15 is 0 Å². The van der Waals surface area contributed by atoms with E-state index in [1.807, 2.05) is 60.7 Å². The molecule has 3 rings (SSSR count). The van der Waals surface area contributed by atoms with Crippen molar-refractivity contribution in [2.75, 3.05) is 14.2 Å². The molecule has 0 unspecified atom stereocenters. The first-order valence-electron chi connectivity index (χ1n) is 8.16. The van der Waals surface area contributed by atoms with Gasteiger partial charge < -0.3 is 14.0 Å². The number of hydrogen-bond donors (Lipinski definition) is 0. The largest absolute Gasteiger partial charge is 0.497 e. The van der Waals surface area contributed by atoms with Crippen molar-refractivity contribution in [1.82, 2.24) is 9.55 Å². The maximum absolute atomic E-state index is 12.7. The molecular weight excluding hydrogens is 328 g/mol. The minimum absolute atomic E-state index is 0.186. The van der Waals surface area contributed by atoms with Crippen molar-refractivity contribution in [2.24, 2.45) is 7.05 Å². The molecule has 0 aliphatic carbocycles. The summed E-state index contributed by atoms with van der Waals surface area (Å²) >= 11 is 0. The number of benzene rings is 2. The lowest BCUT2D eigenvalue weighted by molar-refractivity contribution is 0.385. The van der Waals surface area contributed by atoms with Crippen LogP contribution in [0.1, 0.15) is 11.1 Å². The quantitative estimate of drug-likeness (QED) is 0.716. The molecule has 5 nitrogen and oxygen atoms in total. The van der Waals surface area contributed by atoms with Crippen molar-refractivity contribution in [3.8, 4) is 11.6 Å².